The number of halogens is 1. The first-order valence-corrected chi connectivity index (χ1v) is 15.3. The fraction of sp³-hybridized carbons (Fsp3) is 0.406. The third-order valence-corrected chi connectivity index (χ3v) is 9.56. The predicted molar refractivity (Wildman–Crippen MR) is 171 cm³/mol. The van der Waals surface area contributed by atoms with Crippen LogP contribution in [0.4, 0.5) is 17.5 Å². The van der Waals surface area contributed by atoms with Gasteiger partial charge in [-0.05, 0) is 75.0 Å². The van der Waals surface area contributed by atoms with E-state index in [1.807, 2.05) is 30.7 Å². The number of aromatic nitrogens is 5. The Kier molecular flexibility index (Phi) is 7.04. The molecule has 1 saturated heterocycles. The maximum absolute atomic E-state index is 6.47. The highest BCUT2D eigenvalue weighted by Crippen LogP contribution is 2.39. The molecule has 0 atom stereocenters. The molecular formula is C32H38ClN9. The van der Waals surface area contributed by atoms with Crippen LogP contribution in [0.2, 0.25) is 5.02 Å². The molecule has 5 aromatic rings. The summed E-state index contributed by atoms with van der Waals surface area (Å²) in [6.45, 7) is 6.74. The Morgan fingerprint density at radius 3 is 2.38 bits per heavy atom. The van der Waals surface area contributed by atoms with E-state index in [0.29, 0.717) is 22.9 Å². The van der Waals surface area contributed by atoms with Gasteiger partial charge in [0.1, 0.15) is 17.8 Å². The second-order valence-electron chi connectivity index (χ2n) is 12.0. The molecule has 218 valence electrons. The first-order valence-electron chi connectivity index (χ1n) is 14.9. The van der Waals surface area contributed by atoms with Crippen molar-refractivity contribution < 1.29 is 0 Å². The molecule has 0 radical (unpaired) electrons. The van der Waals surface area contributed by atoms with Crippen molar-refractivity contribution in [2.75, 3.05) is 44.3 Å². The van der Waals surface area contributed by atoms with Gasteiger partial charge in [-0.25, -0.2) is 15.0 Å². The monoisotopic (exact) mass is 583 g/mol. The van der Waals surface area contributed by atoms with Gasteiger partial charge in [-0.2, -0.15) is 0 Å². The van der Waals surface area contributed by atoms with Crippen molar-refractivity contribution in [2.24, 2.45) is 7.05 Å². The van der Waals surface area contributed by atoms with Crippen molar-refractivity contribution in [3.8, 4) is 11.1 Å². The summed E-state index contributed by atoms with van der Waals surface area (Å²) in [6.07, 6.45) is 8.57. The van der Waals surface area contributed by atoms with E-state index in [2.05, 4.69) is 62.2 Å². The number of nitrogens with zero attached hydrogens (tertiary/aromatic N) is 7. The van der Waals surface area contributed by atoms with Gasteiger partial charge in [0.25, 0.3) is 0 Å². The van der Waals surface area contributed by atoms with Crippen molar-refractivity contribution in [1.82, 2.24) is 33.9 Å². The first-order chi connectivity index (χ1) is 20.4. The molecule has 2 aliphatic rings. The highest BCUT2D eigenvalue weighted by atomic mass is 35.5. The predicted octanol–water partition coefficient (Wildman–Crippen LogP) is 6.00. The van der Waals surface area contributed by atoms with E-state index in [-0.39, 0.29) is 0 Å². The van der Waals surface area contributed by atoms with Crippen LogP contribution in [0.15, 0.2) is 48.9 Å². The number of fused-ring (bicyclic) bond motifs is 2. The molecule has 1 saturated carbocycles. The van der Waals surface area contributed by atoms with E-state index in [9.17, 15) is 0 Å². The zero-order valence-corrected chi connectivity index (χ0v) is 25.3. The molecule has 1 aliphatic carbocycles. The van der Waals surface area contributed by atoms with Gasteiger partial charge < -0.3 is 25.1 Å². The second kappa shape index (κ2) is 10.9. The highest BCUT2D eigenvalue weighted by molar-refractivity contribution is 6.31. The number of imidazole rings is 1. The minimum Gasteiger partial charge on any atom is -0.383 e. The summed E-state index contributed by atoms with van der Waals surface area (Å²) in [7, 11) is 4.22. The van der Waals surface area contributed by atoms with Crippen molar-refractivity contribution >= 4 is 51.1 Å². The maximum atomic E-state index is 6.47. The number of likely N-dealkylation sites (N-methyl/N-ethyl adjacent to an activating group) is 1. The van der Waals surface area contributed by atoms with E-state index in [0.717, 1.165) is 63.2 Å². The number of piperazine rings is 1. The molecule has 1 aliphatic heterocycles. The Morgan fingerprint density at radius 2 is 1.64 bits per heavy atom. The SMILES string of the molecule is Cc1cc(Cl)cc2c1nc(Nc1ccc(-c3cn(C4CCC(N5CCN(C)CC5)CC4)c4ncnc(N)c34)cc1)n2C. The fourth-order valence-corrected chi connectivity index (χ4v) is 7.15. The zero-order valence-electron chi connectivity index (χ0n) is 24.5. The fourth-order valence-electron chi connectivity index (χ4n) is 6.88. The van der Waals surface area contributed by atoms with Gasteiger partial charge in [0, 0.05) is 67.8 Å². The number of nitrogens with two attached hydrogens (primary N) is 1. The van der Waals surface area contributed by atoms with E-state index < -0.39 is 0 Å². The van der Waals surface area contributed by atoms with Crippen molar-refractivity contribution in [3.63, 3.8) is 0 Å². The molecule has 2 fully saturated rings. The largest absolute Gasteiger partial charge is 0.383 e. The lowest BCUT2D eigenvalue weighted by atomic mass is 9.89. The van der Waals surface area contributed by atoms with Crippen LogP contribution in [-0.2, 0) is 7.05 Å². The Labute approximate surface area is 251 Å². The molecule has 0 amide bonds. The standard InChI is InChI=1S/C32H38ClN9/c1-20-16-22(33)17-27-29(20)38-32(40(27)3)37-23-6-4-21(5-7-23)26-18-42(31-28(26)30(34)35-19-36-31)25-10-8-24(9-11-25)41-14-12-39(2)13-15-41/h4-7,16-19,24-25H,8-15H2,1-3H3,(H,37,38)(H2,34,35,36). The number of aryl methyl sites for hydroxylation is 2. The summed E-state index contributed by atoms with van der Waals surface area (Å²) in [4.78, 5) is 19.0. The zero-order chi connectivity index (χ0) is 29.0. The summed E-state index contributed by atoms with van der Waals surface area (Å²) in [5.74, 6) is 1.29. The van der Waals surface area contributed by atoms with Crippen molar-refractivity contribution in [3.05, 3.63) is 59.5 Å². The van der Waals surface area contributed by atoms with Crippen molar-refractivity contribution in [2.45, 2.75) is 44.7 Å². The number of nitrogens with one attached hydrogen (secondary N) is 1. The van der Waals surface area contributed by atoms with E-state index in [1.54, 1.807) is 6.33 Å². The molecule has 42 heavy (non-hydrogen) atoms. The summed E-state index contributed by atoms with van der Waals surface area (Å²) >= 11 is 6.30. The van der Waals surface area contributed by atoms with E-state index >= 15 is 0 Å². The molecule has 2 aromatic carbocycles. The van der Waals surface area contributed by atoms with Crippen LogP contribution in [-0.4, -0.2) is 73.2 Å². The van der Waals surface area contributed by atoms with E-state index in [1.165, 1.54) is 39.0 Å². The number of anilines is 3. The normalized spacial score (nSPS) is 20.5. The van der Waals surface area contributed by atoms with Crippen LogP contribution in [0.3, 0.4) is 0 Å². The Morgan fingerprint density at radius 1 is 0.929 bits per heavy atom. The molecule has 7 rings (SSSR count). The first kappa shape index (κ1) is 27.2. The molecule has 3 N–H and O–H groups in total. The minimum atomic E-state index is 0.412. The molecular weight excluding hydrogens is 546 g/mol. The van der Waals surface area contributed by atoms with Crippen LogP contribution in [0.1, 0.15) is 37.3 Å². The van der Waals surface area contributed by atoms with Gasteiger partial charge in [0.05, 0.1) is 16.4 Å². The van der Waals surface area contributed by atoms with Gasteiger partial charge in [0.2, 0.25) is 5.95 Å². The number of nitrogen functional groups attached to an aromatic ring is 1. The van der Waals surface area contributed by atoms with Crippen LogP contribution < -0.4 is 11.1 Å². The summed E-state index contributed by atoms with van der Waals surface area (Å²) in [5.41, 5.74) is 13.5. The average molecular weight is 584 g/mol. The third-order valence-electron chi connectivity index (χ3n) is 9.35. The van der Waals surface area contributed by atoms with E-state index in [4.69, 9.17) is 27.3 Å². The molecule has 0 bridgehead atoms. The van der Waals surface area contributed by atoms with Crippen LogP contribution in [0.5, 0.6) is 0 Å². The molecule has 10 heteroatoms. The molecule has 0 spiro atoms. The molecule has 0 unspecified atom stereocenters. The molecule has 3 aromatic heterocycles. The summed E-state index contributed by atoms with van der Waals surface area (Å²) < 4.78 is 4.40. The molecule has 4 heterocycles. The van der Waals surface area contributed by atoms with Gasteiger partial charge in [0.15, 0.2) is 0 Å². The van der Waals surface area contributed by atoms with Crippen LogP contribution >= 0.6 is 11.6 Å². The number of rotatable bonds is 5. The van der Waals surface area contributed by atoms with Crippen LogP contribution in [0, 0.1) is 6.92 Å². The highest BCUT2D eigenvalue weighted by Gasteiger charge is 2.30. The summed E-state index contributed by atoms with van der Waals surface area (Å²) in [6, 6.07) is 13.4. The lowest BCUT2D eigenvalue weighted by molar-refractivity contribution is 0.0828. The lowest BCUT2D eigenvalue weighted by Gasteiger charge is -2.41. The van der Waals surface area contributed by atoms with Gasteiger partial charge >= 0.3 is 0 Å². The van der Waals surface area contributed by atoms with Gasteiger partial charge in [-0.3, -0.25) is 4.90 Å². The van der Waals surface area contributed by atoms with Gasteiger partial charge in [-0.1, -0.05) is 23.7 Å². The Balaban J connectivity index is 1.13. The van der Waals surface area contributed by atoms with Gasteiger partial charge in [-0.15, -0.1) is 0 Å². The third kappa shape index (κ3) is 4.89. The lowest BCUT2D eigenvalue weighted by Crippen LogP contribution is -2.49. The maximum Gasteiger partial charge on any atom is 0.208 e. The Hall–Kier alpha value is -3.66. The number of hydrogen-bond donors (Lipinski definition) is 2. The molecule has 9 nitrogen and oxygen atoms in total. The number of benzene rings is 2. The smallest absolute Gasteiger partial charge is 0.208 e. The van der Waals surface area contributed by atoms with Crippen molar-refractivity contribution in [1.29, 1.82) is 0 Å². The van der Waals surface area contributed by atoms with Crippen LogP contribution in [0.25, 0.3) is 33.2 Å². The topological polar surface area (TPSA) is 93.1 Å². The Bertz CT molecular complexity index is 1740. The summed E-state index contributed by atoms with van der Waals surface area (Å²) in [5, 5.41) is 5.12. The average Bonchev–Trinajstić information content (AvgIpc) is 3.53. The second-order valence-corrected chi connectivity index (χ2v) is 12.4. The number of hydrogen-bond acceptors (Lipinski definition) is 7. The minimum absolute atomic E-state index is 0.412. The quantitative estimate of drug-likeness (QED) is 0.262.